The van der Waals surface area contributed by atoms with E-state index in [1.54, 1.807) is 11.9 Å². The van der Waals surface area contributed by atoms with Gasteiger partial charge in [0, 0.05) is 12.4 Å². The summed E-state index contributed by atoms with van der Waals surface area (Å²) >= 11 is 1.46. The predicted octanol–water partition coefficient (Wildman–Crippen LogP) is 4.31. The second-order valence-electron chi connectivity index (χ2n) is 7.35. The van der Waals surface area contributed by atoms with Crippen molar-refractivity contribution in [2.75, 3.05) is 20.2 Å². The van der Waals surface area contributed by atoms with E-state index >= 15 is 0 Å². The van der Waals surface area contributed by atoms with Crippen molar-refractivity contribution in [2.45, 2.75) is 13.0 Å². The van der Waals surface area contributed by atoms with Gasteiger partial charge in [0.15, 0.2) is 17.6 Å². The lowest BCUT2D eigenvalue weighted by atomic mass is 10.2. The molecule has 2 aromatic carbocycles. The molecular formula is C23H21N3O3S. The number of nitrogens with zero attached hydrogens (tertiary/aromatic N) is 3. The molecule has 4 aromatic rings. The molecule has 1 atom stereocenters. The molecule has 152 valence electrons. The van der Waals surface area contributed by atoms with Crippen molar-refractivity contribution in [3.63, 3.8) is 0 Å². The van der Waals surface area contributed by atoms with E-state index in [0.29, 0.717) is 18.0 Å². The van der Waals surface area contributed by atoms with Crippen molar-refractivity contribution in [1.82, 2.24) is 14.7 Å². The highest BCUT2D eigenvalue weighted by molar-refractivity contribution is 7.20. The molecule has 1 unspecified atom stereocenters. The number of fused-ring (bicyclic) bond motifs is 2. The molecule has 6 nitrogen and oxygen atoms in total. The number of benzene rings is 2. The quantitative estimate of drug-likeness (QED) is 0.495. The van der Waals surface area contributed by atoms with Gasteiger partial charge in [-0.3, -0.25) is 4.79 Å². The fourth-order valence-corrected chi connectivity index (χ4v) is 4.80. The molecule has 0 spiro atoms. The third-order valence-corrected chi connectivity index (χ3v) is 6.25. The largest absolute Gasteiger partial charge is 0.486 e. The van der Waals surface area contributed by atoms with Gasteiger partial charge in [-0.1, -0.05) is 30.3 Å². The molecule has 5 rings (SSSR count). The van der Waals surface area contributed by atoms with Crippen LogP contribution < -0.4 is 9.47 Å². The molecular weight excluding hydrogens is 398 g/mol. The van der Waals surface area contributed by atoms with Crippen LogP contribution in [0.25, 0.3) is 15.9 Å². The first-order valence-corrected chi connectivity index (χ1v) is 10.6. The number of amides is 1. The van der Waals surface area contributed by atoms with Crippen molar-refractivity contribution >= 4 is 27.5 Å². The summed E-state index contributed by atoms with van der Waals surface area (Å²) in [5.41, 5.74) is 1.89. The Hall–Kier alpha value is -3.32. The molecule has 0 saturated heterocycles. The summed E-state index contributed by atoms with van der Waals surface area (Å²) in [5.74, 6) is 1.43. The van der Waals surface area contributed by atoms with Crippen LogP contribution in [-0.2, 0) is 0 Å². The van der Waals surface area contributed by atoms with Crippen molar-refractivity contribution in [3.8, 4) is 17.2 Å². The molecule has 30 heavy (non-hydrogen) atoms. The Morgan fingerprint density at radius 3 is 2.70 bits per heavy atom. The number of hydrogen-bond donors (Lipinski definition) is 0. The molecule has 1 amide bonds. The topological polar surface area (TPSA) is 56.6 Å². The summed E-state index contributed by atoms with van der Waals surface area (Å²) in [6.45, 7) is 2.84. The Labute approximate surface area is 178 Å². The lowest BCUT2D eigenvalue weighted by Gasteiger charge is -2.29. The molecule has 0 radical (unpaired) electrons. The van der Waals surface area contributed by atoms with E-state index in [1.165, 1.54) is 11.3 Å². The van der Waals surface area contributed by atoms with Crippen LogP contribution in [0.3, 0.4) is 0 Å². The van der Waals surface area contributed by atoms with Crippen LogP contribution in [0.2, 0.25) is 0 Å². The Balaban J connectivity index is 1.36. The van der Waals surface area contributed by atoms with E-state index in [2.05, 4.69) is 5.10 Å². The minimum Gasteiger partial charge on any atom is -0.486 e. The van der Waals surface area contributed by atoms with E-state index in [9.17, 15) is 4.79 Å². The first-order valence-electron chi connectivity index (χ1n) is 9.78. The van der Waals surface area contributed by atoms with E-state index in [-0.39, 0.29) is 12.0 Å². The summed E-state index contributed by atoms with van der Waals surface area (Å²) in [5, 5.41) is 5.65. The molecule has 0 fully saturated rings. The Kier molecular flexibility index (Phi) is 4.67. The number of ether oxygens (including phenoxy) is 2. The van der Waals surface area contributed by atoms with Gasteiger partial charge >= 0.3 is 0 Å². The van der Waals surface area contributed by atoms with Crippen LogP contribution in [-0.4, -0.2) is 46.9 Å². The van der Waals surface area contributed by atoms with Crippen LogP contribution in [0.15, 0.2) is 60.7 Å². The maximum Gasteiger partial charge on any atom is 0.263 e. The van der Waals surface area contributed by atoms with Gasteiger partial charge in [0.05, 0.1) is 22.8 Å². The van der Waals surface area contributed by atoms with E-state index in [1.807, 2.05) is 72.3 Å². The third-order valence-electron chi connectivity index (χ3n) is 5.15. The smallest absolute Gasteiger partial charge is 0.263 e. The SMILES string of the molecule is Cc1nn(-c2ccccc2)c2sc(C(=O)N(C)CC3COc4ccccc4O3)cc12. The molecule has 1 aliphatic heterocycles. The number of hydrogen-bond acceptors (Lipinski definition) is 5. The van der Waals surface area contributed by atoms with E-state index < -0.39 is 0 Å². The molecule has 0 saturated carbocycles. The number of aryl methyl sites for hydroxylation is 1. The maximum atomic E-state index is 13.1. The van der Waals surface area contributed by atoms with Gasteiger partial charge in [-0.15, -0.1) is 11.3 Å². The number of carbonyl (C=O) groups excluding carboxylic acids is 1. The molecule has 0 bridgehead atoms. The van der Waals surface area contributed by atoms with Gasteiger partial charge in [0.25, 0.3) is 5.91 Å². The standard InChI is InChI=1S/C23H21N3O3S/c1-15-18-12-21(30-23(18)26(24-15)16-8-4-3-5-9-16)22(27)25(2)13-17-14-28-19-10-6-7-11-20(19)29-17/h3-12,17H,13-14H2,1-2H3. The summed E-state index contributed by atoms with van der Waals surface area (Å²) in [4.78, 5) is 16.5. The van der Waals surface area contributed by atoms with E-state index in [4.69, 9.17) is 9.47 Å². The first kappa shape index (κ1) is 18.7. The number of aromatic nitrogens is 2. The lowest BCUT2D eigenvalue weighted by Crippen LogP contribution is -2.41. The predicted molar refractivity (Wildman–Crippen MR) is 117 cm³/mol. The Morgan fingerprint density at radius 2 is 1.90 bits per heavy atom. The Bertz CT molecular complexity index is 1220. The van der Waals surface area contributed by atoms with Crippen molar-refractivity contribution < 1.29 is 14.3 Å². The van der Waals surface area contributed by atoms with Crippen LogP contribution in [0.1, 0.15) is 15.4 Å². The average molecular weight is 420 g/mol. The average Bonchev–Trinajstić information content (AvgIpc) is 3.34. The fraction of sp³-hybridized carbons (Fsp3) is 0.217. The van der Waals surface area contributed by atoms with Gasteiger partial charge in [0.2, 0.25) is 0 Å². The zero-order valence-corrected chi connectivity index (χ0v) is 17.6. The molecule has 0 aliphatic carbocycles. The lowest BCUT2D eigenvalue weighted by molar-refractivity contribution is 0.0524. The normalized spacial score (nSPS) is 15.3. The fourth-order valence-electron chi connectivity index (χ4n) is 3.63. The highest BCUT2D eigenvalue weighted by Crippen LogP contribution is 2.32. The van der Waals surface area contributed by atoms with Crippen molar-refractivity contribution in [1.29, 1.82) is 0 Å². The molecule has 3 heterocycles. The summed E-state index contributed by atoms with van der Waals surface area (Å²) in [6.07, 6.45) is -0.204. The number of para-hydroxylation sites is 3. The zero-order chi connectivity index (χ0) is 20.7. The van der Waals surface area contributed by atoms with Crippen molar-refractivity contribution in [3.05, 3.63) is 71.2 Å². The third kappa shape index (κ3) is 3.31. The summed E-state index contributed by atoms with van der Waals surface area (Å²) in [7, 11) is 1.80. The highest BCUT2D eigenvalue weighted by atomic mass is 32.1. The molecule has 0 N–H and O–H groups in total. The van der Waals surface area contributed by atoms with Gasteiger partial charge < -0.3 is 14.4 Å². The number of thiophene rings is 1. The van der Waals surface area contributed by atoms with Gasteiger partial charge in [0.1, 0.15) is 11.4 Å². The number of carbonyl (C=O) groups is 1. The highest BCUT2D eigenvalue weighted by Gasteiger charge is 2.25. The molecule has 1 aliphatic rings. The summed E-state index contributed by atoms with van der Waals surface area (Å²) < 4.78 is 13.7. The Morgan fingerprint density at radius 1 is 1.17 bits per heavy atom. The monoisotopic (exact) mass is 419 g/mol. The van der Waals surface area contributed by atoms with Crippen LogP contribution in [0.4, 0.5) is 0 Å². The maximum absolute atomic E-state index is 13.1. The van der Waals surface area contributed by atoms with Crippen LogP contribution >= 0.6 is 11.3 Å². The second kappa shape index (κ2) is 7.50. The number of rotatable bonds is 4. The molecule has 2 aromatic heterocycles. The van der Waals surface area contributed by atoms with Gasteiger partial charge in [-0.2, -0.15) is 5.10 Å². The van der Waals surface area contributed by atoms with Gasteiger partial charge in [-0.05, 0) is 37.3 Å². The van der Waals surface area contributed by atoms with E-state index in [0.717, 1.165) is 33.1 Å². The molecule has 7 heteroatoms. The van der Waals surface area contributed by atoms with Gasteiger partial charge in [-0.25, -0.2) is 4.68 Å². The minimum absolute atomic E-state index is 0.0299. The minimum atomic E-state index is -0.204. The summed E-state index contributed by atoms with van der Waals surface area (Å²) in [6, 6.07) is 19.5. The van der Waals surface area contributed by atoms with Crippen molar-refractivity contribution in [2.24, 2.45) is 0 Å². The number of likely N-dealkylation sites (N-methyl/N-ethyl adjacent to an activating group) is 1. The van der Waals surface area contributed by atoms with Crippen LogP contribution in [0, 0.1) is 6.92 Å². The second-order valence-corrected chi connectivity index (χ2v) is 8.38. The zero-order valence-electron chi connectivity index (χ0n) is 16.7. The first-order chi connectivity index (χ1) is 14.6. The van der Waals surface area contributed by atoms with Crippen LogP contribution in [0.5, 0.6) is 11.5 Å².